The van der Waals surface area contributed by atoms with Crippen LogP contribution in [0.4, 0.5) is 11.9 Å². The van der Waals surface area contributed by atoms with Crippen LogP contribution in [0.3, 0.4) is 0 Å². The summed E-state index contributed by atoms with van der Waals surface area (Å²) in [5.41, 5.74) is -0.0217. The second kappa shape index (κ2) is 12.4. The summed E-state index contributed by atoms with van der Waals surface area (Å²) in [7, 11) is 0. The van der Waals surface area contributed by atoms with E-state index >= 15 is 0 Å². The van der Waals surface area contributed by atoms with Gasteiger partial charge in [0, 0.05) is 24.6 Å². The van der Waals surface area contributed by atoms with Gasteiger partial charge in [-0.05, 0) is 45.4 Å². The van der Waals surface area contributed by atoms with Crippen LogP contribution >= 0.6 is 34.8 Å². The standard InChI is InChI=1S/C15H18Cl2N2O3.C7H12ClN5/c1-8(2)21-12-7-11(9(16)6-10(12)17)19-14(20)22-13(18-19)15(3,4)5;1-3-9-6-11-5(8)12-7(13-6)10-4-2/h6-8H,1-5H3;3-4H2,1-2H3,(H2,9,10,11,12,13). The normalized spacial score (nSPS) is 11.2. The summed E-state index contributed by atoms with van der Waals surface area (Å²) in [5, 5.41) is 11.0. The van der Waals surface area contributed by atoms with E-state index in [1.54, 1.807) is 6.07 Å². The maximum atomic E-state index is 12.1. The number of halogens is 3. The van der Waals surface area contributed by atoms with E-state index in [0.29, 0.717) is 34.2 Å². The predicted molar refractivity (Wildman–Crippen MR) is 140 cm³/mol. The molecule has 0 bridgehead atoms. The second-order valence-corrected chi connectivity index (χ2v) is 9.70. The molecule has 13 heteroatoms. The highest BCUT2D eigenvalue weighted by Crippen LogP contribution is 2.33. The first-order chi connectivity index (χ1) is 16.3. The molecule has 35 heavy (non-hydrogen) atoms. The molecule has 192 valence electrons. The minimum Gasteiger partial charge on any atom is -0.489 e. The van der Waals surface area contributed by atoms with Crippen molar-refractivity contribution < 1.29 is 9.15 Å². The average molecular weight is 547 g/mol. The lowest BCUT2D eigenvalue weighted by molar-refractivity contribution is 0.242. The van der Waals surface area contributed by atoms with Gasteiger partial charge in [0.15, 0.2) is 0 Å². The molecule has 0 aliphatic heterocycles. The molecule has 10 nitrogen and oxygen atoms in total. The third-order valence-corrected chi connectivity index (χ3v) is 4.83. The molecule has 0 fully saturated rings. The van der Waals surface area contributed by atoms with E-state index in [0.717, 1.165) is 17.8 Å². The topological polar surface area (TPSA) is 120 Å². The van der Waals surface area contributed by atoms with Crippen molar-refractivity contribution in [3.8, 4) is 11.4 Å². The van der Waals surface area contributed by atoms with Gasteiger partial charge >= 0.3 is 5.76 Å². The molecule has 2 heterocycles. The van der Waals surface area contributed by atoms with Crippen LogP contribution in [0.15, 0.2) is 21.3 Å². The summed E-state index contributed by atoms with van der Waals surface area (Å²) >= 11 is 18.0. The van der Waals surface area contributed by atoms with Crippen molar-refractivity contribution in [2.75, 3.05) is 23.7 Å². The molecule has 0 amide bonds. The van der Waals surface area contributed by atoms with Crippen LogP contribution in [0.2, 0.25) is 15.3 Å². The second-order valence-electron chi connectivity index (χ2n) is 8.55. The van der Waals surface area contributed by atoms with Gasteiger partial charge in [-0.15, -0.1) is 5.10 Å². The SMILES string of the molecule is CC(C)Oc1cc(-n2nc(C(C)(C)C)oc2=O)c(Cl)cc1Cl.CCNc1nc(Cl)nc(NCC)n1. The van der Waals surface area contributed by atoms with Crippen molar-refractivity contribution in [3.05, 3.63) is 43.9 Å². The molecule has 0 saturated heterocycles. The number of hydrogen-bond donors (Lipinski definition) is 2. The molecule has 3 aromatic rings. The Morgan fingerprint density at radius 3 is 2.03 bits per heavy atom. The number of hydrogen-bond acceptors (Lipinski definition) is 9. The Kier molecular flexibility index (Phi) is 10.2. The molecule has 0 saturated carbocycles. The summed E-state index contributed by atoms with van der Waals surface area (Å²) in [5.74, 6) is 1.15. The average Bonchev–Trinajstić information content (AvgIpc) is 3.12. The number of nitrogens with zero attached hydrogens (tertiary/aromatic N) is 5. The number of ether oxygens (including phenoxy) is 1. The highest BCUT2D eigenvalue weighted by molar-refractivity contribution is 6.36. The van der Waals surface area contributed by atoms with E-state index in [1.165, 1.54) is 6.07 Å². The summed E-state index contributed by atoms with van der Waals surface area (Å²) < 4.78 is 11.9. The summed E-state index contributed by atoms with van der Waals surface area (Å²) in [6.45, 7) is 14.9. The Morgan fingerprint density at radius 1 is 1.00 bits per heavy atom. The van der Waals surface area contributed by atoms with Crippen molar-refractivity contribution in [1.82, 2.24) is 24.7 Å². The quantitative estimate of drug-likeness (QED) is 0.390. The van der Waals surface area contributed by atoms with E-state index < -0.39 is 5.76 Å². The fraction of sp³-hybridized carbons (Fsp3) is 0.500. The van der Waals surface area contributed by atoms with E-state index in [9.17, 15) is 4.79 Å². The molecule has 1 aromatic carbocycles. The van der Waals surface area contributed by atoms with E-state index in [2.05, 4.69) is 30.7 Å². The van der Waals surface area contributed by atoms with Gasteiger partial charge in [0.25, 0.3) is 0 Å². The van der Waals surface area contributed by atoms with E-state index in [-0.39, 0.29) is 21.8 Å². The van der Waals surface area contributed by atoms with Crippen molar-refractivity contribution in [2.24, 2.45) is 0 Å². The third kappa shape index (κ3) is 8.26. The lowest BCUT2D eigenvalue weighted by atomic mass is 9.97. The van der Waals surface area contributed by atoms with Crippen LogP contribution in [-0.4, -0.2) is 43.9 Å². The molecule has 0 unspecified atom stereocenters. The smallest absolute Gasteiger partial charge is 0.442 e. The third-order valence-electron chi connectivity index (χ3n) is 4.06. The molecule has 2 N–H and O–H groups in total. The Bertz CT molecular complexity index is 1170. The van der Waals surface area contributed by atoms with Gasteiger partial charge in [0.1, 0.15) is 5.75 Å². The van der Waals surface area contributed by atoms with Crippen molar-refractivity contribution in [2.45, 2.75) is 60.0 Å². The van der Waals surface area contributed by atoms with Crippen LogP contribution in [0, 0.1) is 0 Å². The Labute approximate surface area is 219 Å². The van der Waals surface area contributed by atoms with Crippen LogP contribution < -0.4 is 21.1 Å². The maximum Gasteiger partial charge on any atom is 0.442 e. The van der Waals surface area contributed by atoms with Crippen LogP contribution in [0.5, 0.6) is 5.75 Å². The van der Waals surface area contributed by atoms with Gasteiger partial charge in [-0.3, -0.25) is 0 Å². The molecule has 0 aliphatic rings. The zero-order chi connectivity index (χ0) is 26.3. The number of rotatable bonds is 7. The van der Waals surface area contributed by atoms with Gasteiger partial charge in [-0.25, -0.2) is 4.79 Å². The largest absolute Gasteiger partial charge is 0.489 e. The number of anilines is 2. The van der Waals surface area contributed by atoms with Crippen molar-refractivity contribution in [1.29, 1.82) is 0 Å². The summed E-state index contributed by atoms with van der Waals surface area (Å²) in [6.07, 6.45) is -0.0642. The Morgan fingerprint density at radius 2 is 1.57 bits per heavy atom. The Balaban J connectivity index is 0.000000283. The fourth-order valence-electron chi connectivity index (χ4n) is 2.58. The Hall–Kier alpha value is -2.56. The molecular weight excluding hydrogens is 517 g/mol. The molecule has 0 aliphatic carbocycles. The van der Waals surface area contributed by atoms with Gasteiger partial charge in [-0.1, -0.05) is 44.0 Å². The fourth-order valence-corrected chi connectivity index (χ4v) is 3.25. The predicted octanol–water partition coefficient (Wildman–Crippen LogP) is 5.61. The van der Waals surface area contributed by atoms with E-state index in [1.807, 2.05) is 48.5 Å². The first-order valence-corrected chi connectivity index (χ1v) is 12.1. The highest BCUT2D eigenvalue weighted by atomic mass is 35.5. The van der Waals surface area contributed by atoms with Crippen molar-refractivity contribution in [3.63, 3.8) is 0 Å². The van der Waals surface area contributed by atoms with Gasteiger partial charge < -0.3 is 19.8 Å². The molecule has 0 atom stereocenters. The monoisotopic (exact) mass is 545 g/mol. The number of benzene rings is 1. The first-order valence-electron chi connectivity index (χ1n) is 11.0. The lowest BCUT2D eigenvalue weighted by Crippen LogP contribution is -2.15. The maximum absolute atomic E-state index is 12.1. The van der Waals surface area contributed by atoms with Crippen LogP contribution in [0.1, 0.15) is 54.4 Å². The minimum absolute atomic E-state index is 0.0642. The van der Waals surface area contributed by atoms with Crippen LogP contribution in [-0.2, 0) is 5.41 Å². The van der Waals surface area contributed by atoms with E-state index in [4.69, 9.17) is 44.0 Å². The number of nitrogens with one attached hydrogen (secondary N) is 2. The van der Waals surface area contributed by atoms with Crippen molar-refractivity contribution >= 4 is 46.7 Å². The lowest BCUT2D eigenvalue weighted by Gasteiger charge is -2.13. The molecule has 0 spiro atoms. The zero-order valence-corrected chi connectivity index (χ0v) is 23.0. The molecule has 2 aromatic heterocycles. The summed E-state index contributed by atoms with van der Waals surface area (Å²) in [6, 6.07) is 3.11. The van der Waals surface area contributed by atoms with Gasteiger partial charge in [0.2, 0.25) is 23.1 Å². The first kappa shape index (κ1) is 28.7. The minimum atomic E-state index is -0.607. The summed E-state index contributed by atoms with van der Waals surface area (Å²) in [4.78, 5) is 23.9. The zero-order valence-electron chi connectivity index (χ0n) is 20.7. The molecular formula is C22H30Cl3N7O3. The number of aromatic nitrogens is 5. The van der Waals surface area contributed by atoms with Crippen LogP contribution in [0.25, 0.3) is 5.69 Å². The molecule has 0 radical (unpaired) electrons. The molecule has 3 rings (SSSR count). The van der Waals surface area contributed by atoms with Gasteiger partial charge in [0.05, 0.1) is 21.8 Å². The van der Waals surface area contributed by atoms with Gasteiger partial charge in [-0.2, -0.15) is 19.6 Å². The highest BCUT2D eigenvalue weighted by Gasteiger charge is 2.24.